The lowest BCUT2D eigenvalue weighted by atomic mass is 10.1. The summed E-state index contributed by atoms with van der Waals surface area (Å²) in [4.78, 5) is 24.7. The van der Waals surface area contributed by atoms with E-state index in [9.17, 15) is 9.59 Å². The van der Waals surface area contributed by atoms with Crippen LogP contribution in [0.3, 0.4) is 0 Å². The number of hydrogen-bond acceptors (Lipinski definition) is 3. The van der Waals surface area contributed by atoms with Gasteiger partial charge in [0, 0.05) is 20.1 Å². The third kappa shape index (κ3) is 4.73. The van der Waals surface area contributed by atoms with Crippen LogP contribution in [-0.4, -0.2) is 49.4 Å². The summed E-state index contributed by atoms with van der Waals surface area (Å²) in [5.74, 6) is 0.640. The first-order chi connectivity index (χ1) is 8.00. The van der Waals surface area contributed by atoms with Gasteiger partial charge in [-0.05, 0) is 18.8 Å². The van der Waals surface area contributed by atoms with E-state index in [-0.39, 0.29) is 24.4 Å². The van der Waals surface area contributed by atoms with Crippen LogP contribution < -0.4 is 10.6 Å². The Balaban J connectivity index is 2.14. The van der Waals surface area contributed by atoms with Crippen molar-refractivity contribution in [2.45, 2.75) is 32.7 Å². The summed E-state index contributed by atoms with van der Waals surface area (Å²) < 4.78 is 0. The van der Waals surface area contributed by atoms with Crippen molar-refractivity contribution in [3.63, 3.8) is 0 Å². The lowest BCUT2D eigenvalue weighted by Gasteiger charge is -2.12. The minimum absolute atomic E-state index is 0.0343. The molecule has 0 aromatic heterocycles. The standard InChI is InChI=1S/C12H23N3O2/c1-9(2)4-6-13-11(16)8-14-10-5-7-15(3)12(10)17/h9-10,14H,4-8H2,1-3H3,(H,13,16). The molecule has 5 heteroatoms. The van der Waals surface area contributed by atoms with Gasteiger partial charge in [0.15, 0.2) is 0 Å². The fraction of sp³-hybridized carbons (Fsp3) is 0.833. The highest BCUT2D eigenvalue weighted by molar-refractivity contribution is 5.85. The van der Waals surface area contributed by atoms with E-state index in [1.54, 1.807) is 11.9 Å². The lowest BCUT2D eigenvalue weighted by Crippen LogP contribution is -2.43. The molecule has 2 amide bonds. The largest absolute Gasteiger partial charge is 0.355 e. The molecule has 17 heavy (non-hydrogen) atoms. The highest BCUT2D eigenvalue weighted by atomic mass is 16.2. The zero-order valence-corrected chi connectivity index (χ0v) is 11.0. The minimum Gasteiger partial charge on any atom is -0.355 e. The molecule has 2 N–H and O–H groups in total. The van der Waals surface area contributed by atoms with E-state index in [2.05, 4.69) is 24.5 Å². The smallest absolute Gasteiger partial charge is 0.239 e. The van der Waals surface area contributed by atoms with Crippen LogP contribution >= 0.6 is 0 Å². The SMILES string of the molecule is CC(C)CCNC(=O)CNC1CCN(C)C1=O. The summed E-state index contributed by atoms with van der Waals surface area (Å²) in [6.45, 7) is 5.94. The molecule has 0 spiro atoms. The van der Waals surface area contributed by atoms with Crippen molar-refractivity contribution in [1.29, 1.82) is 0 Å². The van der Waals surface area contributed by atoms with Crippen molar-refractivity contribution in [2.24, 2.45) is 5.92 Å². The van der Waals surface area contributed by atoms with E-state index in [0.29, 0.717) is 12.5 Å². The number of likely N-dealkylation sites (tertiary alicyclic amines) is 1. The third-order valence-corrected chi connectivity index (χ3v) is 2.98. The Morgan fingerprint density at radius 1 is 1.53 bits per heavy atom. The van der Waals surface area contributed by atoms with Crippen molar-refractivity contribution in [3.05, 3.63) is 0 Å². The second-order valence-electron chi connectivity index (χ2n) is 5.01. The number of nitrogens with one attached hydrogen (secondary N) is 2. The van der Waals surface area contributed by atoms with Crippen LogP contribution in [0, 0.1) is 5.92 Å². The fourth-order valence-corrected chi connectivity index (χ4v) is 1.79. The first-order valence-electron chi connectivity index (χ1n) is 6.25. The monoisotopic (exact) mass is 241 g/mol. The van der Waals surface area contributed by atoms with Gasteiger partial charge in [0.2, 0.25) is 11.8 Å². The average molecular weight is 241 g/mol. The fourth-order valence-electron chi connectivity index (χ4n) is 1.79. The molecule has 0 aromatic rings. The number of hydrogen-bond donors (Lipinski definition) is 2. The Morgan fingerprint density at radius 3 is 2.76 bits per heavy atom. The minimum atomic E-state index is -0.184. The van der Waals surface area contributed by atoms with E-state index in [4.69, 9.17) is 0 Å². The van der Waals surface area contributed by atoms with Gasteiger partial charge in [0.25, 0.3) is 0 Å². The Hall–Kier alpha value is -1.10. The first kappa shape index (κ1) is 14.0. The summed E-state index contributed by atoms with van der Waals surface area (Å²) in [5.41, 5.74) is 0. The quantitative estimate of drug-likeness (QED) is 0.686. The van der Waals surface area contributed by atoms with Crippen LogP contribution in [0.2, 0.25) is 0 Å². The number of carbonyl (C=O) groups is 2. The average Bonchev–Trinajstić information content (AvgIpc) is 2.57. The molecular weight excluding hydrogens is 218 g/mol. The van der Waals surface area contributed by atoms with Crippen LogP contribution in [-0.2, 0) is 9.59 Å². The molecule has 1 aliphatic heterocycles. The van der Waals surface area contributed by atoms with Gasteiger partial charge in [-0.1, -0.05) is 13.8 Å². The number of amides is 2. The molecule has 0 saturated carbocycles. The van der Waals surface area contributed by atoms with Gasteiger partial charge < -0.3 is 10.2 Å². The third-order valence-electron chi connectivity index (χ3n) is 2.98. The van der Waals surface area contributed by atoms with E-state index in [1.165, 1.54) is 0 Å². The Kier molecular flexibility index (Phi) is 5.41. The summed E-state index contributed by atoms with van der Waals surface area (Å²) in [7, 11) is 1.78. The Bertz CT molecular complexity index is 279. The molecule has 1 fully saturated rings. The van der Waals surface area contributed by atoms with Crippen molar-refractivity contribution in [2.75, 3.05) is 26.7 Å². The van der Waals surface area contributed by atoms with Crippen LogP contribution in [0.25, 0.3) is 0 Å². The van der Waals surface area contributed by atoms with E-state index in [0.717, 1.165) is 19.4 Å². The summed E-state index contributed by atoms with van der Waals surface area (Å²) in [6.07, 6.45) is 1.77. The number of rotatable bonds is 6. The maximum Gasteiger partial charge on any atom is 0.239 e. The summed E-state index contributed by atoms with van der Waals surface area (Å²) in [5, 5.41) is 5.83. The van der Waals surface area contributed by atoms with E-state index < -0.39 is 0 Å². The van der Waals surface area contributed by atoms with Gasteiger partial charge in [-0.25, -0.2) is 0 Å². The highest BCUT2D eigenvalue weighted by Crippen LogP contribution is 2.07. The summed E-state index contributed by atoms with van der Waals surface area (Å²) in [6, 6.07) is -0.184. The Morgan fingerprint density at radius 2 is 2.24 bits per heavy atom. The van der Waals surface area contributed by atoms with E-state index in [1.807, 2.05) is 0 Å². The van der Waals surface area contributed by atoms with Crippen LogP contribution in [0.5, 0.6) is 0 Å². The zero-order chi connectivity index (χ0) is 12.8. The maximum absolute atomic E-state index is 11.6. The van der Waals surface area contributed by atoms with Gasteiger partial charge in [0.1, 0.15) is 0 Å². The molecular formula is C12H23N3O2. The van der Waals surface area contributed by atoms with Crippen molar-refractivity contribution in [1.82, 2.24) is 15.5 Å². The van der Waals surface area contributed by atoms with E-state index >= 15 is 0 Å². The van der Waals surface area contributed by atoms with Gasteiger partial charge >= 0.3 is 0 Å². The first-order valence-corrected chi connectivity index (χ1v) is 6.25. The van der Waals surface area contributed by atoms with Crippen molar-refractivity contribution >= 4 is 11.8 Å². The second-order valence-corrected chi connectivity index (χ2v) is 5.01. The molecule has 98 valence electrons. The van der Waals surface area contributed by atoms with Crippen LogP contribution in [0.1, 0.15) is 26.7 Å². The predicted molar refractivity (Wildman–Crippen MR) is 66.5 cm³/mol. The van der Waals surface area contributed by atoms with Gasteiger partial charge in [-0.2, -0.15) is 0 Å². The maximum atomic E-state index is 11.6. The number of likely N-dealkylation sites (N-methyl/N-ethyl adjacent to an activating group) is 1. The molecule has 0 radical (unpaired) electrons. The predicted octanol–water partition coefficient (Wildman–Crippen LogP) is -0.0310. The van der Waals surface area contributed by atoms with Gasteiger partial charge in [-0.15, -0.1) is 0 Å². The molecule has 1 aliphatic rings. The topological polar surface area (TPSA) is 61.4 Å². The molecule has 1 atom stereocenters. The molecule has 1 rings (SSSR count). The molecule has 1 unspecified atom stereocenters. The van der Waals surface area contributed by atoms with Crippen molar-refractivity contribution in [3.8, 4) is 0 Å². The van der Waals surface area contributed by atoms with Crippen LogP contribution in [0.15, 0.2) is 0 Å². The normalized spacial score (nSPS) is 20.1. The molecule has 0 bridgehead atoms. The second kappa shape index (κ2) is 6.59. The molecule has 1 saturated heterocycles. The van der Waals surface area contributed by atoms with Crippen molar-refractivity contribution < 1.29 is 9.59 Å². The van der Waals surface area contributed by atoms with Gasteiger partial charge in [-0.3, -0.25) is 14.9 Å². The zero-order valence-electron chi connectivity index (χ0n) is 11.0. The lowest BCUT2D eigenvalue weighted by molar-refractivity contribution is -0.128. The van der Waals surface area contributed by atoms with Gasteiger partial charge in [0.05, 0.1) is 12.6 Å². The molecule has 0 aromatic carbocycles. The number of carbonyl (C=O) groups excluding carboxylic acids is 2. The molecule has 5 nitrogen and oxygen atoms in total. The Labute approximate surface area is 103 Å². The molecule has 1 heterocycles. The highest BCUT2D eigenvalue weighted by Gasteiger charge is 2.28. The summed E-state index contributed by atoms with van der Waals surface area (Å²) >= 11 is 0. The van der Waals surface area contributed by atoms with Crippen LogP contribution in [0.4, 0.5) is 0 Å². The number of nitrogens with zero attached hydrogens (tertiary/aromatic N) is 1. The molecule has 0 aliphatic carbocycles.